The molecule has 54 heavy (non-hydrogen) atoms. The molecule has 0 bridgehead atoms. The molecular formula is C53H31N. The third-order valence-electron chi connectivity index (χ3n) is 11.7. The van der Waals surface area contributed by atoms with Gasteiger partial charge in [0.1, 0.15) is 0 Å². The second-order valence-corrected chi connectivity index (χ2v) is 14.5. The minimum absolute atomic E-state index is 1.01. The summed E-state index contributed by atoms with van der Waals surface area (Å²) < 4.78 is 0. The lowest BCUT2D eigenvalue weighted by Crippen LogP contribution is -1.93. The van der Waals surface area contributed by atoms with Gasteiger partial charge in [-0.3, -0.25) is 0 Å². The lowest BCUT2D eigenvalue weighted by atomic mass is 9.82. The van der Waals surface area contributed by atoms with Crippen LogP contribution in [0, 0.1) is 0 Å². The molecule has 0 amide bonds. The zero-order valence-electron chi connectivity index (χ0n) is 29.3. The van der Waals surface area contributed by atoms with Crippen LogP contribution in [-0.4, -0.2) is 4.98 Å². The first-order valence-electron chi connectivity index (χ1n) is 18.7. The van der Waals surface area contributed by atoms with E-state index < -0.39 is 0 Å². The molecule has 248 valence electrons. The van der Waals surface area contributed by atoms with Gasteiger partial charge in [0.05, 0.1) is 11.2 Å². The lowest BCUT2D eigenvalue weighted by Gasteiger charge is -2.20. The van der Waals surface area contributed by atoms with Crippen LogP contribution in [0.2, 0.25) is 0 Å². The van der Waals surface area contributed by atoms with Crippen molar-refractivity contribution in [1.29, 1.82) is 0 Å². The standard InChI is InChI=1S/C53H31N/c1-4-15-32(16-5-1)46-31-44-40-25-12-23-36(49(40)41-27-14-28-45(54-46)51(41)44)35-29-30-43-50-37(35)24-13-26-42(50)52-47(33-17-6-2-7-18-33)38-21-10-11-22-39(38)48(53(43)52)34-19-8-3-9-20-34/h1-31H. The van der Waals surface area contributed by atoms with E-state index >= 15 is 0 Å². The first-order valence-corrected chi connectivity index (χ1v) is 18.7. The van der Waals surface area contributed by atoms with Crippen molar-refractivity contribution in [3.63, 3.8) is 0 Å². The molecule has 1 aromatic heterocycles. The minimum atomic E-state index is 1.01. The third-order valence-corrected chi connectivity index (χ3v) is 11.7. The first-order chi connectivity index (χ1) is 26.8. The van der Waals surface area contributed by atoms with Crippen molar-refractivity contribution in [3.05, 3.63) is 188 Å². The lowest BCUT2D eigenvalue weighted by molar-refractivity contribution is 1.40. The fourth-order valence-corrected chi connectivity index (χ4v) is 9.60. The Hall–Kier alpha value is -7.09. The number of hydrogen-bond acceptors (Lipinski definition) is 1. The van der Waals surface area contributed by atoms with Crippen molar-refractivity contribution in [3.8, 4) is 89.1 Å². The Bertz CT molecular complexity index is 3090. The van der Waals surface area contributed by atoms with E-state index in [1.165, 1.54) is 105 Å². The summed E-state index contributed by atoms with van der Waals surface area (Å²) in [5.41, 5.74) is 21.1. The highest BCUT2D eigenvalue weighted by atomic mass is 14.7. The van der Waals surface area contributed by atoms with Crippen LogP contribution in [-0.2, 0) is 0 Å². The largest absolute Gasteiger partial charge is 0.248 e. The predicted octanol–water partition coefficient (Wildman–Crippen LogP) is 14.5. The highest BCUT2D eigenvalue weighted by Crippen LogP contribution is 2.59. The zero-order chi connectivity index (χ0) is 35.3. The normalized spacial score (nSPS) is 12.1. The maximum Gasteiger partial charge on any atom is 0.0722 e. The van der Waals surface area contributed by atoms with Crippen molar-refractivity contribution in [1.82, 2.24) is 4.98 Å². The van der Waals surface area contributed by atoms with Gasteiger partial charge in [0.15, 0.2) is 0 Å². The molecule has 0 unspecified atom stereocenters. The van der Waals surface area contributed by atoms with Crippen LogP contribution >= 0.6 is 0 Å². The quantitative estimate of drug-likeness (QED) is 0.180. The van der Waals surface area contributed by atoms with Gasteiger partial charge in [0.2, 0.25) is 0 Å². The molecule has 12 rings (SSSR count). The number of hydrogen-bond donors (Lipinski definition) is 0. The molecule has 9 aromatic carbocycles. The van der Waals surface area contributed by atoms with Crippen LogP contribution in [0.1, 0.15) is 0 Å². The fourth-order valence-electron chi connectivity index (χ4n) is 9.60. The molecule has 0 saturated heterocycles. The number of nitrogens with zero attached hydrogens (tertiary/aromatic N) is 1. The van der Waals surface area contributed by atoms with Gasteiger partial charge < -0.3 is 0 Å². The van der Waals surface area contributed by atoms with Crippen molar-refractivity contribution in [2.45, 2.75) is 0 Å². The molecule has 2 aliphatic rings. The number of pyridine rings is 1. The van der Waals surface area contributed by atoms with Gasteiger partial charge in [-0.25, -0.2) is 4.98 Å². The Morgan fingerprint density at radius 2 is 0.722 bits per heavy atom. The Labute approximate surface area is 313 Å². The van der Waals surface area contributed by atoms with E-state index in [0.717, 1.165) is 16.8 Å². The van der Waals surface area contributed by atoms with E-state index in [9.17, 15) is 0 Å². The van der Waals surface area contributed by atoms with Crippen molar-refractivity contribution >= 4 is 32.4 Å². The molecule has 1 heterocycles. The van der Waals surface area contributed by atoms with Crippen LogP contribution < -0.4 is 0 Å². The summed E-state index contributed by atoms with van der Waals surface area (Å²) in [6.45, 7) is 0. The predicted molar refractivity (Wildman–Crippen MR) is 227 cm³/mol. The summed E-state index contributed by atoms with van der Waals surface area (Å²) in [6.07, 6.45) is 0. The Morgan fingerprint density at radius 3 is 1.37 bits per heavy atom. The second-order valence-electron chi connectivity index (χ2n) is 14.5. The molecule has 0 radical (unpaired) electrons. The van der Waals surface area contributed by atoms with E-state index in [4.69, 9.17) is 4.98 Å². The molecule has 2 aliphatic carbocycles. The summed E-state index contributed by atoms with van der Waals surface area (Å²) in [5.74, 6) is 0. The van der Waals surface area contributed by atoms with Crippen molar-refractivity contribution in [2.24, 2.45) is 0 Å². The summed E-state index contributed by atoms with van der Waals surface area (Å²) >= 11 is 0. The molecule has 1 nitrogen and oxygen atoms in total. The van der Waals surface area contributed by atoms with Crippen LogP contribution in [0.4, 0.5) is 0 Å². The highest BCUT2D eigenvalue weighted by molar-refractivity contribution is 6.29. The maximum atomic E-state index is 5.19. The van der Waals surface area contributed by atoms with Crippen molar-refractivity contribution < 1.29 is 0 Å². The first kappa shape index (κ1) is 29.5. The molecule has 1 heteroatoms. The molecule has 0 spiro atoms. The van der Waals surface area contributed by atoms with Gasteiger partial charge in [0, 0.05) is 10.9 Å². The summed E-state index contributed by atoms with van der Waals surface area (Å²) in [6, 6.07) is 69.0. The Kier molecular flexibility index (Phi) is 6.12. The summed E-state index contributed by atoms with van der Waals surface area (Å²) in [4.78, 5) is 5.19. The number of benzene rings is 9. The monoisotopic (exact) mass is 681 g/mol. The Balaban J connectivity index is 1.15. The molecule has 0 N–H and O–H groups in total. The van der Waals surface area contributed by atoms with E-state index in [-0.39, 0.29) is 0 Å². The van der Waals surface area contributed by atoms with E-state index in [2.05, 4.69) is 188 Å². The highest BCUT2D eigenvalue weighted by Gasteiger charge is 2.32. The molecule has 0 saturated carbocycles. The van der Waals surface area contributed by atoms with Gasteiger partial charge in [0.25, 0.3) is 0 Å². The molecular weight excluding hydrogens is 651 g/mol. The van der Waals surface area contributed by atoms with Gasteiger partial charge in [-0.05, 0) is 112 Å². The fraction of sp³-hybridized carbons (Fsp3) is 0. The van der Waals surface area contributed by atoms with Crippen LogP contribution in [0.25, 0.3) is 122 Å². The van der Waals surface area contributed by atoms with Gasteiger partial charge in [-0.1, -0.05) is 176 Å². The SMILES string of the molecule is c1ccc(-c2cc3c4c(cccc4n2)-c2c(-c4ccc5c6c(cccc46)-c4c-5c(-c5ccccc5)c5ccccc5c4-c4ccccc4)cccc2-3)cc1. The average molecular weight is 682 g/mol. The van der Waals surface area contributed by atoms with Gasteiger partial charge in [-0.15, -0.1) is 0 Å². The number of aromatic nitrogens is 1. The summed E-state index contributed by atoms with van der Waals surface area (Å²) in [7, 11) is 0. The van der Waals surface area contributed by atoms with Crippen LogP contribution in [0.15, 0.2) is 188 Å². The molecule has 0 fully saturated rings. The van der Waals surface area contributed by atoms with Gasteiger partial charge in [-0.2, -0.15) is 0 Å². The van der Waals surface area contributed by atoms with Crippen LogP contribution in [0.3, 0.4) is 0 Å². The summed E-state index contributed by atoms with van der Waals surface area (Å²) in [5, 5.41) is 6.41. The third kappa shape index (κ3) is 4.01. The zero-order valence-corrected chi connectivity index (χ0v) is 29.3. The smallest absolute Gasteiger partial charge is 0.0722 e. The second kappa shape index (κ2) is 11.2. The molecule has 0 atom stereocenters. The van der Waals surface area contributed by atoms with Gasteiger partial charge >= 0.3 is 0 Å². The van der Waals surface area contributed by atoms with E-state index in [0.29, 0.717) is 0 Å². The molecule has 10 aromatic rings. The minimum Gasteiger partial charge on any atom is -0.248 e. The topological polar surface area (TPSA) is 12.9 Å². The number of rotatable bonds is 4. The Morgan fingerprint density at radius 1 is 0.259 bits per heavy atom. The van der Waals surface area contributed by atoms with Crippen molar-refractivity contribution in [2.75, 3.05) is 0 Å². The molecule has 0 aliphatic heterocycles. The average Bonchev–Trinajstić information content (AvgIpc) is 3.75. The number of fused-ring (bicyclic) bond motifs is 7. The van der Waals surface area contributed by atoms with Crippen LogP contribution in [0.5, 0.6) is 0 Å². The maximum absolute atomic E-state index is 5.19. The van der Waals surface area contributed by atoms with E-state index in [1.54, 1.807) is 0 Å². The van der Waals surface area contributed by atoms with E-state index in [1.807, 2.05) is 0 Å².